The molecular weight excluding hydrogens is 345 g/mol. The fraction of sp³-hybridized carbons (Fsp3) is 0.154. The predicted molar refractivity (Wildman–Crippen MR) is 80.4 cm³/mol. The zero-order valence-electron chi connectivity index (χ0n) is 9.15. The van der Waals surface area contributed by atoms with Gasteiger partial charge in [0.05, 0.1) is 0 Å². The normalized spacial score (nSPS) is 10.2. The summed E-state index contributed by atoms with van der Waals surface area (Å²) in [6, 6.07) is 9.86. The van der Waals surface area contributed by atoms with Crippen molar-refractivity contribution in [2.45, 2.75) is 12.8 Å². The molecule has 0 aliphatic carbocycles. The summed E-state index contributed by atoms with van der Waals surface area (Å²) in [5.74, 6) is 0.0670. The van der Waals surface area contributed by atoms with Crippen LogP contribution in [0.4, 0.5) is 5.69 Å². The Hall–Kier alpha value is -0.880. The number of hydrogen-bond acceptors (Lipinski definition) is 2. The first-order valence-electron chi connectivity index (χ1n) is 5.30. The molecule has 0 radical (unpaired) electrons. The number of thiophene rings is 1. The highest BCUT2D eigenvalue weighted by atomic mass is 127. The van der Waals surface area contributed by atoms with E-state index in [2.05, 4.69) is 39.4 Å². The van der Waals surface area contributed by atoms with Crippen LogP contribution < -0.4 is 5.32 Å². The molecule has 0 fully saturated rings. The van der Waals surface area contributed by atoms with Gasteiger partial charge in [0.25, 0.3) is 0 Å². The molecule has 0 bridgehead atoms. The third-order valence-electron chi connectivity index (χ3n) is 2.35. The Morgan fingerprint density at radius 3 is 2.65 bits per heavy atom. The number of aryl methyl sites for hydroxylation is 1. The van der Waals surface area contributed by atoms with E-state index in [0.717, 1.165) is 12.1 Å². The highest BCUT2D eigenvalue weighted by Gasteiger charge is 2.03. The Kier molecular flexibility index (Phi) is 4.56. The third kappa shape index (κ3) is 4.12. The van der Waals surface area contributed by atoms with Gasteiger partial charge in [-0.15, -0.1) is 0 Å². The molecule has 1 aromatic carbocycles. The van der Waals surface area contributed by atoms with Gasteiger partial charge in [-0.05, 0) is 75.7 Å². The SMILES string of the molecule is O=C(CCc1ccsc1)Nc1ccc(I)cc1. The Labute approximate surface area is 118 Å². The summed E-state index contributed by atoms with van der Waals surface area (Å²) < 4.78 is 1.17. The van der Waals surface area contributed by atoms with Gasteiger partial charge < -0.3 is 5.32 Å². The van der Waals surface area contributed by atoms with Gasteiger partial charge in [-0.2, -0.15) is 11.3 Å². The number of amides is 1. The molecule has 0 aliphatic heterocycles. The minimum Gasteiger partial charge on any atom is -0.326 e. The topological polar surface area (TPSA) is 29.1 Å². The molecule has 0 spiro atoms. The van der Waals surface area contributed by atoms with E-state index in [4.69, 9.17) is 0 Å². The fourth-order valence-electron chi connectivity index (χ4n) is 1.45. The van der Waals surface area contributed by atoms with Crippen molar-refractivity contribution in [2.75, 3.05) is 5.32 Å². The average Bonchev–Trinajstić information content (AvgIpc) is 2.83. The number of carbonyl (C=O) groups is 1. The van der Waals surface area contributed by atoms with E-state index < -0.39 is 0 Å². The molecule has 0 aliphatic rings. The second-order valence-corrected chi connectivity index (χ2v) is 5.71. The molecule has 0 unspecified atom stereocenters. The van der Waals surface area contributed by atoms with E-state index in [-0.39, 0.29) is 5.91 Å². The lowest BCUT2D eigenvalue weighted by Gasteiger charge is -2.04. The van der Waals surface area contributed by atoms with Gasteiger partial charge in [0, 0.05) is 15.7 Å². The fourth-order valence-corrected chi connectivity index (χ4v) is 2.51. The quantitative estimate of drug-likeness (QED) is 0.826. The zero-order chi connectivity index (χ0) is 12.1. The lowest BCUT2D eigenvalue weighted by Crippen LogP contribution is -2.12. The van der Waals surface area contributed by atoms with Crippen LogP contribution in [-0.4, -0.2) is 5.91 Å². The van der Waals surface area contributed by atoms with Crippen molar-refractivity contribution in [3.05, 3.63) is 50.2 Å². The summed E-state index contributed by atoms with van der Waals surface area (Å²) in [4.78, 5) is 11.7. The van der Waals surface area contributed by atoms with Crippen molar-refractivity contribution in [3.63, 3.8) is 0 Å². The molecule has 0 atom stereocenters. The number of halogens is 1. The largest absolute Gasteiger partial charge is 0.326 e. The second kappa shape index (κ2) is 6.16. The molecule has 88 valence electrons. The second-order valence-electron chi connectivity index (χ2n) is 3.69. The van der Waals surface area contributed by atoms with Crippen molar-refractivity contribution >= 4 is 45.5 Å². The first-order valence-corrected chi connectivity index (χ1v) is 7.33. The molecule has 1 N–H and O–H groups in total. The van der Waals surface area contributed by atoms with Crippen LogP contribution in [0.3, 0.4) is 0 Å². The van der Waals surface area contributed by atoms with Crippen molar-refractivity contribution in [1.82, 2.24) is 0 Å². The molecule has 1 aromatic heterocycles. The van der Waals surface area contributed by atoms with Crippen LogP contribution >= 0.6 is 33.9 Å². The molecule has 17 heavy (non-hydrogen) atoms. The van der Waals surface area contributed by atoms with Crippen LogP contribution in [0.2, 0.25) is 0 Å². The van der Waals surface area contributed by atoms with Gasteiger partial charge in [0.2, 0.25) is 5.91 Å². The van der Waals surface area contributed by atoms with E-state index in [9.17, 15) is 4.79 Å². The van der Waals surface area contributed by atoms with Crippen LogP contribution in [-0.2, 0) is 11.2 Å². The van der Waals surface area contributed by atoms with Crippen molar-refractivity contribution < 1.29 is 4.79 Å². The van der Waals surface area contributed by atoms with Crippen LogP contribution in [0.25, 0.3) is 0 Å². The molecule has 2 aromatic rings. The number of nitrogens with one attached hydrogen (secondary N) is 1. The zero-order valence-corrected chi connectivity index (χ0v) is 12.1. The highest BCUT2D eigenvalue weighted by Crippen LogP contribution is 2.12. The van der Waals surface area contributed by atoms with E-state index in [1.807, 2.05) is 29.6 Å². The van der Waals surface area contributed by atoms with Gasteiger partial charge >= 0.3 is 0 Å². The standard InChI is InChI=1S/C13H12INOS/c14-11-2-4-12(5-3-11)15-13(16)6-1-10-7-8-17-9-10/h2-5,7-9H,1,6H2,(H,15,16). The monoisotopic (exact) mass is 357 g/mol. The van der Waals surface area contributed by atoms with Crippen molar-refractivity contribution in [1.29, 1.82) is 0 Å². The number of hydrogen-bond donors (Lipinski definition) is 1. The highest BCUT2D eigenvalue weighted by molar-refractivity contribution is 14.1. The molecule has 2 nitrogen and oxygen atoms in total. The Morgan fingerprint density at radius 2 is 2.00 bits per heavy atom. The number of benzene rings is 1. The number of anilines is 1. The summed E-state index contributed by atoms with van der Waals surface area (Å²) in [7, 11) is 0. The maximum absolute atomic E-state index is 11.7. The third-order valence-corrected chi connectivity index (χ3v) is 3.80. The minimum atomic E-state index is 0.0670. The van der Waals surface area contributed by atoms with Gasteiger partial charge in [0.15, 0.2) is 0 Å². The van der Waals surface area contributed by atoms with E-state index in [1.54, 1.807) is 11.3 Å². The van der Waals surface area contributed by atoms with Crippen LogP contribution in [0.15, 0.2) is 41.1 Å². The van der Waals surface area contributed by atoms with E-state index in [1.165, 1.54) is 9.13 Å². The first kappa shape index (κ1) is 12.6. The predicted octanol–water partition coefficient (Wildman–Crippen LogP) is 3.92. The van der Waals surface area contributed by atoms with Gasteiger partial charge in [-0.3, -0.25) is 4.79 Å². The molecule has 1 amide bonds. The molecule has 2 rings (SSSR count). The lowest BCUT2D eigenvalue weighted by molar-refractivity contribution is -0.116. The molecular formula is C13H12INOS. The van der Waals surface area contributed by atoms with E-state index >= 15 is 0 Å². The lowest BCUT2D eigenvalue weighted by atomic mass is 10.2. The van der Waals surface area contributed by atoms with Gasteiger partial charge in [-0.25, -0.2) is 0 Å². The first-order chi connectivity index (χ1) is 8.24. The maximum atomic E-state index is 11.7. The summed E-state index contributed by atoms with van der Waals surface area (Å²) in [5.41, 5.74) is 2.09. The summed E-state index contributed by atoms with van der Waals surface area (Å²) in [6.45, 7) is 0. The average molecular weight is 357 g/mol. The Balaban J connectivity index is 1.83. The molecule has 0 saturated carbocycles. The molecule has 1 heterocycles. The smallest absolute Gasteiger partial charge is 0.224 e. The Morgan fingerprint density at radius 1 is 1.24 bits per heavy atom. The minimum absolute atomic E-state index is 0.0670. The maximum Gasteiger partial charge on any atom is 0.224 e. The van der Waals surface area contributed by atoms with Crippen LogP contribution in [0.1, 0.15) is 12.0 Å². The van der Waals surface area contributed by atoms with Gasteiger partial charge in [-0.1, -0.05) is 0 Å². The summed E-state index contributed by atoms with van der Waals surface area (Å²) >= 11 is 3.91. The number of rotatable bonds is 4. The van der Waals surface area contributed by atoms with Crippen LogP contribution in [0.5, 0.6) is 0 Å². The van der Waals surface area contributed by atoms with E-state index in [0.29, 0.717) is 6.42 Å². The van der Waals surface area contributed by atoms with Crippen LogP contribution in [0, 0.1) is 3.57 Å². The Bertz CT molecular complexity index is 479. The van der Waals surface area contributed by atoms with Crippen molar-refractivity contribution in [3.8, 4) is 0 Å². The van der Waals surface area contributed by atoms with Crippen molar-refractivity contribution in [2.24, 2.45) is 0 Å². The summed E-state index contributed by atoms with van der Waals surface area (Å²) in [5, 5.41) is 7.01. The summed E-state index contributed by atoms with van der Waals surface area (Å²) in [6.07, 6.45) is 1.34. The van der Waals surface area contributed by atoms with Gasteiger partial charge in [0.1, 0.15) is 0 Å². The molecule has 4 heteroatoms. The molecule has 0 saturated heterocycles. The number of carbonyl (C=O) groups excluding carboxylic acids is 1.